The number of hydrogen-bond acceptors (Lipinski definition) is 31. The minimum Gasteiger partial charge on any atom is -0.455 e. The summed E-state index contributed by atoms with van der Waals surface area (Å²) in [6.45, 7) is 17.4. The Labute approximate surface area is 871 Å². The van der Waals surface area contributed by atoms with E-state index in [0.717, 1.165) is 21.6 Å². The zero-order valence-corrected chi connectivity index (χ0v) is 88.6. The first-order valence-corrected chi connectivity index (χ1v) is 54.4. The number of para-hydroxylation sites is 1. The number of alkyl carbamates (subject to hydrolysis) is 1. The molecule has 2 aliphatic heterocycles. The number of unbranched alkanes of at least 4 members (excludes halogenated alkanes) is 2. The van der Waals surface area contributed by atoms with Crippen LogP contribution < -0.4 is 53.6 Å². The largest absolute Gasteiger partial charge is 0.455 e. The highest BCUT2D eigenvalue weighted by atomic mass is 33.1. The number of methoxy groups -OCH3 is 2. The van der Waals surface area contributed by atoms with E-state index in [2.05, 4.69) is 52.8 Å². The Morgan fingerprint density at radius 3 is 1.94 bits per heavy atom. The molecule has 10 amide bonds. The van der Waals surface area contributed by atoms with Crippen LogP contribution >= 0.6 is 43.2 Å². The Morgan fingerprint density at radius 1 is 0.707 bits per heavy atom. The van der Waals surface area contributed by atoms with Crippen LogP contribution in [0.25, 0.3) is 10.9 Å². The van der Waals surface area contributed by atoms with E-state index in [1.807, 2.05) is 19.1 Å². The number of nitrogens with one attached hydrogen (secondary N) is 10. The molecule has 5 aliphatic rings. The van der Waals surface area contributed by atoms with E-state index in [1.165, 1.54) is 80.5 Å². The van der Waals surface area contributed by atoms with Crippen molar-refractivity contribution in [2.45, 2.75) is 273 Å². The molecule has 38 nitrogen and oxygen atoms in total. The number of carbonyl (C=O) groups is 14. The van der Waals surface area contributed by atoms with Crippen LogP contribution in [-0.4, -0.2) is 297 Å². The molecule has 2 saturated carbocycles. The molecule has 3 heterocycles. The van der Waals surface area contributed by atoms with Gasteiger partial charge in [0.1, 0.15) is 83.4 Å². The van der Waals surface area contributed by atoms with E-state index in [0.29, 0.717) is 46.9 Å². The van der Waals surface area contributed by atoms with Gasteiger partial charge in [-0.05, 0) is 139 Å². The highest BCUT2D eigenvalue weighted by molar-refractivity contribution is 8.77. The summed E-state index contributed by atoms with van der Waals surface area (Å²) in [7, 11) is 7.09. The molecule has 5 aromatic carbocycles. The molecule has 4 fully saturated rings. The van der Waals surface area contributed by atoms with Gasteiger partial charge >= 0.3 is 30.1 Å². The van der Waals surface area contributed by atoms with Gasteiger partial charge < -0.3 is 122 Å². The van der Waals surface area contributed by atoms with Crippen molar-refractivity contribution < 1.29 is 125 Å². The number of H-pyrrole nitrogens is 1. The molecule has 11 rings (SSSR count). The maximum absolute atomic E-state index is 16.3. The molecule has 6 aromatic rings. The number of rotatable bonds is 39. The van der Waals surface area contributed by atoms with Crippen LogP contribution in [-0.2, 0) is 110 Å². The predicted molar refractivity (Wildman–Crippen MR) is 554 cm³/mol. The summed E-state index contributed by atoms with van der Waals surface area (Å²) < 4.78 is 50.7. The van der Waals surface area contributed by atoms with Gasteiger partial charge in [-0.3, -0.25) is 47.9 Å². The molecule has 21 atom stereocenters. The Bertz CT molecular complexity index is 5610. The number of Topliss-reactive ketones (excluding diaryl/α,β-unsaturated/α-hetero) is 1. The van der Waals surface area contributed by atoms with Crippen LogP contribution in [0.15, 0.2) is 163 Å². The number of nitrogens with two attached hydrogens (primary N) is 1. The number of ether oxygens (including phenoxy) is 8. The standard InChI is InChI=1S/C105H140N12O26S4/c1-15-16-46-117(99(134)140-85(83(66-37-25-19-26-38-66)115-98(133)143-100(6,7)8)96(131)139-78-54-105(135)88(141-95(130)67-39-27-20-28-40-67)86-102(11,87(123)84(137-14)82(60(78)2)101(105,9)10)79(136-13)53-80-104(86,59-138-80)142-63(5)121)47-49-145-144-48-44-81(122)108-72(50-64-33-21-17-22-34-64)89(124)113-76-57-146-147-58-77(93(128)112-75(56-118)61(3)119)114-97(132)103(12,62(4)120)116-94(129)71(43-31-32-45-106)109-91(126)74(52-68-55-107-70-42-30-29-41-69(68)70)111-90(125)73(110-92(76)127)51-65-35-23-18-24-36-65/h17-30,33-42,55,61-62,71-80,83-86,88,107,118-120,135H,15-16,31-32,43-54,56-59,106H2,1-14H3,(H,108,122)(H,109,126)(H,110,127)(H,111,125)(H,112,128)(H,113,124)(H,114,132)(H,115,133)(H,116,129)/t61-,62-,71+,72-,73+,74-,75-,76+,77+,78?,79+,80-,83+,84-,85?,86+,88+,102-,103+,104+,105-/m1/s1. The van der Waals surface area contributed by atoms with Crippen LogP contribution in [0.4, 0.5) is 9.59 Å². The van der Waals surface area contributed by atoms with Crippen molar-refractivity contribution >= 4 is 137 Å². The second kappa shape index (κ2) is 52.3. The van der Waals surface area contributed by atoms with Crippen LogP contribution in [0.1, 0.15) is 173 Å². The fraction of sp³-hybridized carbons (Fsp3) is 0.543. The number of esters is 3. The number of aromatic amines is 1. The molecule has 16 N–H and O–H groups in total. The Hall–Kier alpha value is -11.2. The normalized spacial score (nSPS) is 26.3. The van der Waals surface area contributed by atoms with E-state index < -0.39 is 232 Å². The van der Waals surface area contributed by atoms with Gasteiger partial charge in [0.15, 0.2) is 11.4 Å². The van der Waals surface area contributed by atoms with Crippen molar-refractivity contribution in [2.24, 2.45) is 22.5 Å². The van der Waals surface area contributed by atoms with E-state index in [-0.39, 0.29) is 116 Å². The number of nitrogens with zero attached hydrogens (tertiary/aromatic N) is 1. The van der Waals surface area contributed by atoms with E-state index in [1.54, 1.807) is 176 Å². The summed E-state index contributed by atoms with van der Waals surface area (Å²) in [4.78, 5) is 215. The molecular formula is C105H140N12O26S4. The summed E-state index contributed by atoms with van der Waals surface area (Å²) >= 11 is 0. The lowest BCUT2D eigenvalue weighted by molar-refractivity contribution is -0.347. The van der Waals surface area contributed by atoms with Gasteiger partial charge in [0.2, 0.25) is 53.4 Å². The van der Waals surface area contributed by atoms with Crippen molar-refractivity contribution in [3.63, 3.8) is 0 Å². The summed E-state index contributed by atoms with van der Waals surface area (Å²) in [5, 5.41) is 72.3. The van der Waals surface area contributed by atoms with Crippen molar-refractivity contribution in [3.8, 4) is 0 Å². The molecular weight excluding hydrogens is 1970 g/mol. The molecule has 0 radical (unpaired) electrons. The minimum absolute atomic E-state index is 0.0191. The van der Waals surface area contributed by atoms with Crippen LogP contribution in [0.3, 0.4) is 0 Å². The highest BCUT2D eigenvalue weighted by Gasteiger charge is 2.79. The fourth-order valence-electron chi connectivity index (χ4n) is 19.6. The van der Waals surface area contributed by atoms with Crippen LogP contribution in [0.2, 0.25) is 0 Å². The first-order chi connectivity index (χ1) is 69.9. The number of benzene rings is 5. The van der Waals surface area contributed by atoms with E-state index >= 15 is 33.6 Å². The first-order valence-electron chi connectivity index (χ1n) is 49.4. The Kier molecular flexibility index (Phi) is 41.3. The maximum Gasteiger partial charge on any atom is 0.410 e. The van der Waals surface area contributed by atoms with Gasteiger partial charge in [-0.25, -0.2) is 19.2 Å². The third kappa shape index (κ3) is 28.5. The van der Waals surface area contributed by atoms with Crippen molar-refractivity contribution in [1.82, 2.24) is 57.7 Å². The van der Waals surface area contributed by atoms with E-state index in [4.69, 9.17) is 43.6 Å². The second-order valence-corrected chi connectivity index (χ2v) is 44.9. The Balaban J connectivity index is 0.859. The second-order valence-electron chi connectivity index (χ2n) is 39.7. The van der Waals surface area contributed by atoms with Crippen LogP contribution in [0.5, 0.6) is 0 Å². The first kappa shape index (κ1) is 116. The van der Waals surface area contributed by atoms with Crippen LogP contribution in [0, 0.1) is 16.7 Å². The van der Waals surface area contributed by atoms with Gasteiger partial charge in [0, 0.05) is 118 Å². The molecule has 1 aromatic heterocycles. The fourth-order valence-corrected chi connectivity index (χ4v) is 23.9. The lowest BCUT2D eigenvalue weighted by atomic mass is 9.44. The molecule has 2 saturated heterocycles. The lowest BCUT2D eigenvalue weighted by Crippen LogP contribution is -2.82. The van der Waals surface area contributed by atoms with E-state index in [9.17, 15) is 54.0 Å². The number of fused-ring (bicyclic) bond motifs is 6. The van der Waals surface area contributed by atoms with Gasteiger partial charge in [0.05, 0.1) is 54.5 Å². The molecule has 800 valence electrons. The number of aliphatic hydroxyl groups excluding tert-OH is 3. The summed E-state index contributed by atoms with van der Waals surface area (Å²) in [5.41, 5.74) is -2.04. The number of aromatic nitrogens is 1. The molecule has 3 aliphatic carbocycles. The zero-order chi connectivity index (χ0) is 107. The van der Waals surface area contributed by atoms with Gasteiger partial charge in [0.25, 0.3) is 0 Å². The average molecular weight is 2110 g/mol. The highest BCUT2D eigenvalue weighted by Crippen LogP contribution is 2.65. The maximum atomic E-state index is 16.3. The minimum atomic E-state index is -2.43. The third-order valence-corrected chi connectivity index (χ3v) is 32.8. The smallest absolute Gasteiger partial charge is 0.410 e. The number of aliphatic hydroxyl groups is 4. The Morgan fingerprint density at radius 2 is 1.33 bits per heavy atom. The van der Waals surface area contributed by atoms with Gasteiger partial charge in [-0.1, -0.05) is 198 Å². The summed E-state index contributed by atoms with van der Waals surface area (Å²) in [6.07, 6.45) is -12.2. The van der Waals surface area contributed by atoms with Crippen molar-refractivity contribution in [2.75, 3.05) is 70.1 Å². The summed E-state index contributed by atoms with van der Waals surface area (Å²) in [6, 6.07) is 28.7. The van der Waals surface area contributed by atoms with Crippen molar-refractivity contribution in [1.29, 1.82) is 0 Å². The molecule has 147 heavy (non-hydrogen) atoms. The lowest BCUT2D eigenvalue weighted by Gasteiger charge is -2.67. The average Bonchev–Trinajstić information content (AvgIpc) is 1.56. The number of ketones is 1. The number of amides is 10. The number of hydrogen-bond donors (Lipinski definition) is 15. The SMILES string of the molecule is CCCCN(CCSSCCC(=O)N[C@H](Cc1ccccc1)C(=O)N[C@H]1CSSC[C@@H](C(=O)N[C@H](CO)[C@@H](C)O)NC(=O)[C@](C)([C@@H](C)O)NC(=O)[C@H](CCCCN)NC(=O)[C@@H](Cc2c[nH]c3ccccc23)NC(=O)[C@H](Cc2ccccc2)NC1=O)C(=O)OC(C(=O)OC1C[C@@]2(O)[C@@H](OC(=O)c3ccccc3)[C@@H]3[C@]4(OC(C)=O)CO[C@@H]4C[C@H](OC)[C@@]3(C)C(=O)[C@H](OC)C(=C1C)C2(C)C)[C@@H](NC(=O)OC(C)(C)C)c1ccccc1. The predicted octanol–water partition coefficient (Wildman–Crippen LogP) is 7.34. The summed E-state index contributed by atoms with van der Waals surface area (Å²) in [5.74, 6) is -12.5. The quantitative estimate of drug-likeness (QED) is 0.00589. The van der Waals surface area contributed by atoms with Gasteiger partial charge in [-0.2, -0.15) is 0 Å². The monoisotopic (exact) mass is 2110 g/mol. The zero-order valence-electron chi connectivity index (χ0n) is 85.3. The van der Waals surface area contributed by atoms with Crippen molar-refractivity contribution in [3.05, 3.63) is 191 Å². The molecule has 42 heteroatoms. The third-order valence-electron chi connectivity index (χ3n) is 28.0. The number of carbonyl (C=O) groups excluding carboxylic acids is 14. The molecule has 0 spiro atoms. The molecule has 2 unspecified atom stereocenters. The molecule has 2 bridgehead atoms. The van der Waals surface area contributed by atoms with Gasteiger partial charge in [-0.15, -0.1) is 0 Å². The topological polar surface area (TPSA) is 547 Å².